The van der Waals surface area contributed by atoms with Crippen LogP contribution < -0.4 is 5.32 Å². The van der Waals surface area contributed by atoms with Crippen molar-refractivity contribution in [3.8, 4) is 5.75 Å². The summed E-state index contributed by atoms with van der Waals surface area (Å²) >= 11 is 0. The molecule has 0 atom stereocenters. The summed E-state index contributed by atoms with van der Waals surface area (Å²) in [6.45, 7) is 3.36. The van der Waals surface area contributed by atoms with E-state index in [1.807, 2.05) is 37.3 Å². The zero-order valence-electron chi connectivity index (χ0n) is 9.85. The van der Waals surface area contributed by atoms with Gasteiger partial charge in [-0.05, 0) is 25.1 Å². The molecular formula is C14H16N2O. The third-order valence-corrected chi connectivity index (χ3v) is 2.58. The molecular weight excluding hydrogens is 212 g/mol. The van der Waals surface area contributed by atoms with Gasteiger partial charge in [0.05, 0.1) is 5.69 Å². The van der Waals surface area contributed by atoms with E-state index in [1.54, 1.807) is 12.3 Å². The van der Waals surface area contributed by atoms with E-state index in [9.17, 15) is 5.11 Å². The summed E-state index contributed by atoms with van der Waals surface area (Å²) in [6, 6.07) is 11.5. The molecule has 2 N–H and O–H groups in total. The summed E-state index contributed by atoms with van der Waals surface area (Å²) in [6.07, 6.45) is 1.78. The Balaban J connectivity index is 1.92. The Labute approximate surface area is 101 Å². The Morgan fingerprint density at radius 2 is 2.06 bits per heavy atom. The molecule has 0 aliphatic carbocycles. The van der Waals surface area contributed by atoms with E-state index in [-0.39, 0.29) is 0 Å². The molecule has 2 aromatic rings. The second-order valence-corrected chi connectivity index (χ2v) is 4.06. The summed E-state index contributed by atoms with van der Waals surface area (Å²) in [5.41, 5.74) is 3.07. The Morgan fingerprint density at radius 1 is 1.18 bits per heavy atom. The number of benzene rings is 1. The fraction of sp³-hybridized carbons (Fsp3) is 0.214. The van der Waals surface area contributed by atoms with E-state index in [0.29, 0.717) is 18.8 Å². The first-order chi connectivity index (χ1) is 8.25. The molecule has 0 spiro atoms. The molecule has 1 heterocycles. The first-order valence-corrected chi connectivity index (χ1v) is 5.65. The molecule has 0 radical (unpaired) electrons. The van der Waals surface area contributed by atoms with Crippen molar-refractivity contribution >= 4 is 0 Å². The van der Waals surface area contributed by atoms with Crippen LogP contribution in [-0.2, 0) is 13.1 Å². The normalized spacial score (nSPS) is 10.4. The van der Waals surface area contributed by atoms with Gasteiger partial charge in [0.25, 0.3) is 0 Å². The molecule has 0 bridgehead atoms. The number of aryl methyl sites for hydroxylation is 1. The molecule has 0 fully saturated rings. The highest BCUT2D eigenvalue weighted by Gasteiger charge is 2.01. The highest BCUT2D eigenvalue weighted by atomic mass is 16.3. The van der Waals surface area contributed by atoms with Crippen LogP contribution >= 0.6 is 0 Å². The molecule has 1 aromatic heterocycles. The number of hydrogen-bond donors (Lipinski definition) is 2. The zero-order chi connectivity index (χ0) is 12.1. The van der Waals surface area contributed by atoms with Crippen molar-refractivity contribution in [1.82, 2.24) is 10.3 Å². The van der Waals surface area contributed by atoms with Gasteiger partial charge in [0.2, 0.25) is 0 Å². The average Bonchev–Trinajstić information content (AvgIpc) is 2.35. The minimum atomic E-state index is 0.337. The van der Waals surface area contributed by atoms with Crippen molar-refractivity contribution < 1.29 is 5.11 Å². The molecule has 0 aliphatic rings. The van der Waals surface area contributed by atoms with Crippen molar-refractivity contribution in [3.05, 3.63) is 59.4 Å². The Hall–Kier alpha value is -1.87. The third-order valence-electron chi connectivity index (χ3n) is 2.58. The van der Waals surface area contributed by atoms with Gasteiger partial charge < -0.3 is 10.4 Å². The first kappa shape index (κ1) is 11.6. The largest absolute Gasteiger partial charge is 0.508 e. The average molecular weight is 228 g/mol. The Bertz CT molecular complexity index is 483. The smallest absolute Gasteiger partial charge is 0.120 e. The monoisotopic (exact) mass is 228 g/mol. The van der Waals surface area contributed by atoms with Crippen LogP contribution in [0.2, 0.25) is 0 Å². The van der Waals surface area contributed by atoms with Crippen LogP contribution in [0.5, 0.6) is 5.75 Å². The molecule has 17 heavy (non-hydrogen) atoms. The van der Waals surface area contributed by atoms with E-state index in [2.05, 4.69) is 10.3 Å². The minimum absolute atomic E-state index is 0.337. The Morgan fingerprint density at radius 3 is 2.82 bits per heavy atom. The molecule has 0 amide bonds. The van der Waals surface area contributed by atoms with Gasteiger partial charge in [0, 0.05) is 24.8 Å². The molecule has 88 valence electrons. The van der Waals surface area contributed by atoms with Crippen molar-refractivity contribution in [1.29, 1.82) is 0 Å². The lowest BCUT2D eigenvalue weighted by atomic mass is 10.1. The maximum Gasteiger partial charge on any atom is 0.120 e. The SMILES string of the molecule is Cc1ccc(O)c(CNCc2ccccn2)c1. The van der Waals surface area contributed by atoms with Crippen LogP contribution in [0.4, 0.5) is 0 Å². The maximum absolute atomic E-state index is 9.68. The van der Waals surface area contributed by atoms with Crippen molar-refractivity contribution in [2.75, 3.05) is 0 Å². The fourth-order valence-corrected chi connectivity index (χ4v) is 1.68. The first-order valence-electron chi connectivity index (χ1n) is 5.65. The topological polar surface area (TPSA) is 45.1 Å². The predicted octanol–water partition coefficient (Wildman–Crippen LogP) is 2.39. The second kappa shape index (κ2) is 5.46. The lowest BCUT2D eigenvalue weighted by Crippen LogP contribution is -2.13. The molecule has 0 saturated heterocycles. The van der Waals surface area contributed by atoms with Gasteiger partial charge in [-0.2, -0.15) is 0 Å². The van der Waals surface area contributed by atoms with Crippen LogP contribution in [0.15, 0.2) is 42.6 Å². The molecule has 1 aromatic carbocycles. The van der Waals surface area contributed by atoms with Crippen LogP contribution in [0.3, 0.4) is 0 Å². The van der Waals surface area contributed by atoms with E-state index in [1.165, 1.54) is 0 Å². The van der Waals surface area contributed by atoms with Crippen LogP contribution in [-0.4, -0.2) is 10.1 Å². The molecule has 3 heteroatoms. The second-order valence-electron chi connectivity index (χ2n) is 4.06. The summed E-state index contributed by atoms with van der Waals surface area (Å²) in [5, 5.41) is 12.9. The third kappa shape index (κ3) is 3.29. The summed E-state index contributed by atoms with van der Waals surface area (Å²) in [5.74, 6) is 0.337. The minimum Gasteiger partial charge on any atom is -0.508 e. The summed E-state index contributed by atoms with van der Waals surface area (Å²) < 4.78 is 0. The number of phenolic OH excluding ortho intramolecular Hbond substituents is 1. The van der Waals surface area contributed by atoms with Crippen LogP contribution in [0.25, 0.3) is 0 Å². The number of hydrogen-bond acceptors (Lipinski definition) is 3. The number of phenols is 1. The highest BCUT2D eigenvalue weighted by molar-refractivity contribution is 5.35. The zero-order valence-corrected chi connectivity index (χ0v) is 9.85. The van der Waals surface area contributed by atoms with Crippen LogP contribution in [0.1, 0.15) is 16.8 Å². The van der Waals surface area contributed by atoms with Crippen molar-refractivity contribution in [3.63, 3.8) is 0 Å². The van der Waals surface area contributed by atoms with E-state index in [0.717, 1.165) is 16.8 Å². The van der Waals surface area contributed by atoms with Gasteiger partial charge in [0.15, 0.2) is 0 Å². The highest BCUT2D eigenvalue weighted by Crippen LogP contribution is 2.17. The number of nitrogens with one attached hydrogen (secondary N) is 1. The predicted molar refractivity (Wildman–Crippen MR) is 67.6 cm³/mol. The fourth-order valence-electron chi connectivity index (χ4n) is 1.68. The molecule has 0 unspecified atom stereocenters. The maximum atomic E-state index is 9.68. The summed E-state index contributed by atoms with van der Waals surface area (Å²) in [4.78, 5) is 4.22. The number of aromatic hydroxyl groups is 1. The van der Waals surface area contributed by atoms with E-state index < -0.39 is 0 Å². The lowest BCUT2D eigenvalue weighted by Gasteiger charge is -2.07. The summed E-state index contributed by atoms with van der Waals surface area (Å²) in [7, 11) is 0. The number of aromatic nitrogens is 1. The number of pyridine rings is 1. The molecule has 0 aliphatic heterocycles. The number of nitrogens with zero attached hydrogens (tertiary/aromatic N) is 1. The van der Waals surface area contributed by atoms with Gasteiger partial charge in [-0.3, -0.25) is 4.98 Å². The van der Waals surface area contributed by atoms with Gasteiger partial charge in [-0.25, -0.2) is 0 Å². The van der Waals surface area contributed by atoms with Crippen molar-refractivity contribution in [2.45, 2.75) is 20.0 Å². The quantitative estimate of drug-likeness (QED) is 0.844. The number of rotatable bonds is 4. The van der Waals surface area contributed by atoms with Gasteiger partial charge >= 0.3 is 0 Å². The molecule has 0 saturated carbocycles. The van der Waals surface area contributed by atoms with Crippen LogP contribution in [0, 0.1) is 6.92 Å². The van der Waals surface area contributed by atoms with E-state index >= 15 is 0 Å². The van der Waals surface area contributed by atoms with Gasteiger partial charge in [-0.15, -0.1) is 0 Å². The molecule has 3 nitrogen and oxygen atoms in total. The van der Waals surface area contributed by atoms with Gasteiger partial charge in [0.1, 0.15) is 5.75 Å². The molecule has 2 rings (SSSR count). The van der Waals surface area contributed by atoms with Gasteiger partial charge in [-0.1, -0.05) is 23.8 Å². The van der Waals surface area contributed by atoms with E-state index in [4.69, 9.17) is 0 Å². The standard InChI is InChI=1S/C14H16N2O/c1-11-5-6-14(17)12(8-11)9-15-10-13-4-2-3-7-16-13/h2-8,15,17H,9-10H2,1H3. The lowest BCUT2D eigenvalue weighted by molar-refractivity contribution is 0.464. The Kier molecular flexibility index (Phi) is 3.73. The van der Waals surface area contributed by atoms with Crippen molar-refractivity contribution in [2.24, 2.45) is 0 Å².